The van der Waals surface area contributed by atoms with E-state index in [0.29, 0.717) is 17.7 Å². The fourth-order valence-electron chi connectivity index (χ4n) is 3.46. The Bertz CT molecular complexity index is 678. The van der Waals surface area contributed by atoms with Gasteiger partial charge < -0.3 is 15.5 Å². The van der Waals surface area contributed by atoms with Gasteiger partial charge in [-0.2, -0.15) is 11.8 Å². The molecule has 1 heterocycles. The summed E-state index contributed by atoms with van der Waals surface area (Å²) in [6.45, 7) is 7.36. The molecule has 1 saturated carbocycles. The van der Waals surface area contributed by atoms with Gasteiger partial charge in [-0.15, -0.1) is 24.0 Å². The molecule has 7 heteroatoms. The number of carbonyl (C=O) groups is 1. The highest BCUT2D eigenvalue weighted by Crippen LogP contribution is 2.28. The SMILES string of the molecule is CN=C(NCc1cccc(NC(=O)C2CCC2)c1)N1CCSC(C(C)C)C1.I. The van der Waals surface area contributed by atoms with Crippen molar-refractivity contribution in [2.45, 2.75) is 44.9 Å². The number of amides is 1. The maximum Gasteiger partial charge on any atom is 0.227 e. The zero-order valence-corrected chi connectivity index (χ0v) is 20.3. The van der Waals surface area contributed by atoms with Crippen LogP contribution in [-0.2, 0) is 11.3 Å². The number of hydrogen-bond donors (Lipinski definition) is 2. The number of aliphatic imine (C=N–C) groups is 1. The van der Waals surface area contributed by atoms with Crippen LogP contribution >= 0.6 is 35.7 Å². The van der Waals surface area contributed by atoms with Crippen LogP contribution in [0.15, 0.2) is 29.3 Å². The Morgan fingerprint density at radius 3 is 2.79 bits per heavy atom. The smallest absolute Gasteiger partial charge is 0.227 e. The standard InChI is InChI=1S/C21H32N4OS.HI/c1-15(2)19-14-25(10-11-27-19)21(22-3)23-13-16-6-4-9-18(12-16)24-20(26)17-7-5-8-17;/h4,6,9,12,15,17,19H,5,7-8,10-11,13-14H2,1-3H3,(H,22,23)(H,24,26);1H. The number of halogens is 1. The van der Waals surface area contributed by atoms with Gasteiger partial charge in [-0.05, 0) is 36.5 Å². The normalized spacial score (nSPS) is 20.4. The third kappa shape index (κ3) is 6.27. The average Bonchev–Trinajstić information content (AvgIpc) is 2.61. The van der Waals surface area contributed by atoms with E-state index in [1.165, 1.54) is 6.42 Å². The average molecular weight is 516 g/mol. The molecule has 156 valence electrons. The molecule has 1 aromatic rings. The van der Waals surface area contributed by atoms with Crippen molar-refractivity contribution in [3.63, 3.8) is 0 Å². The second kappa shape index (κ2) is 11.3. The zero-order valence-electron chi connectivity index (χ0n) is 17.1. The van der Waals surface area contributed by atoms with Gasteiger partial charge in [0.1, 0.15) is 0 Å². The Morgan fingerprint density at radius 1 is 1.36 bits per heavy atom. The van der Waals surface area contributed by atoms with Gasteiger partial charge in [0, 0.05) is 49.3 Å². The van der Waals surface area contributed by atoms with Crippen LogP contribution in [0, 0.1) is 11.8 Å². The van der Waals surface area contributed by atoms with Crippen molar-refractivity contribution in [2.24, 2.45) is 16.8 Å². The molecular formula is C21H33IN4OS. The van der Waals surface area contributed by atoms with E-state index in [2.05, 4.69) is 58.3 Å². The number of thioether (sulfide) groups is 1. The van der Waals surface area contributed by atoms with E-state index < -0.39 is 0 Å². The first-order chi connectivity index (χ1) is 13.1. The molecule has 5 nitrogen and oxygen atoms in total. The molecule has 0 radical (unpaired) electrons. The predicted molar refractivity (Wildman–Crippen MR) is 131 cm³/mol. The molecule has 2 aliphatic rings. The van der Waals surface area contributed by atoms with Crippen LogP contribution in [0.1, 0.15) is 38.7 Å². The highest BCUT2D eigenvalue weighted by Gasteiger charge is 2.26. The predicted octanol–water partition coefficient (Wildman–Crippen LogP) is 4.19. The first kappa shape index (κ1) is 23.3. The van der Waals surface area contributed by atoms with Crippen molar-refractivity contribution in [1.82, 2.24) is 10.2 Å². The van der Waals surface area contributed by atoms with Crippen molar-refractivity contribution in [3.05, 3.63) is 29.8 Å². The lowest BCUT2D eigenvalue weighted by atomic mass is 9.85. The van der Waals surface area contributed by atoms with E-state index in [4.69, 9.17) is 0 Å². The van der Waals surface area contributed by atoms with Gasteiger partial charge in [0.25, 0.3) is 0 Å². The molecule has 3 rings (SSSR count). The number of carbonyl (C=O) groups excluding carboxylic acids is 1. The third-order valence-corrected chi connectivity index (χ3v) is 7.01. The topological polar surface area (TPSA) is 56.7 Å². The van der Waals surface area contributed by atoms with Gasteiger partial charge in [-0.25, -0.2) is 0 Å². The van der Waals surface area contributed by atoms with Crippen LogP contribution in [0.4, 0.5) is 5.69 Å². The lowest BCUT2D eigenvalue weighted by Crippen LogP contribution is -2.48. The maximum atomic E-state index is 12.2. The highest BCUT2D eigenvalue weighted by atomic mass is 127. The van der Waals surface area contributed by atoms with Gasteiger partial charge in [-0.3, -0.25) is 9.79 Å². The Hall–Kier alpha value is -0.960. The lowest BCUT2D eigenvalue weighted by molar-refractivity contribution is -0.122. The molecule has 0 spiro atoms. The largest absolute Gasteiger partial charge is 0.352 e. The quantitative estimate of drug-likeness (QED) is 0.350. The van der Waals surface area contributed by atoms with Crippen LogP contribution in [-0.4, -0.2) is 47.9 Å². The summed E-state index contributed by atoms with van der Waals surface area (Å²) in [4.78, 5) is 19.0. The van der Waals surface area contributed by atoms with E-state index >= 15 is 0 Å². The summed E-state index contributed by atoms with van der Waals surface area (Å²) < 4.78 is 0. The molecule has 1 amide bonds. The van der Waals surface area contributed by atoms with Gasteiger partial charge in [0.2, 0.25) is 5.91 Å². The second-order valence-corrected chi connectivity index (χ2v) is 9.16. The van der Waals surface area contributed by atoms with Crippen LogP contribution in [0.2, 0.25) is 0 Å². The van der Waals surface area contributed by atoms with E-state index in [1.807, 2.05) is 19.2 Å². The fourth-order valence-corrected chi connectivity index (χ4v) is 4.76. The molecule has 2 fully saturated rings. The second-order valence-electron chi connectivity index (χ2n) is 7.82. The molecule has 1 aliphatic carbocycles. The van der Waals surface area contributed by atoms with Gasteiger partial charge >= 0.3 is 0 Å². The molecule has 1 aliphatic heterocycles. The minimum absolute atomic E-state index is 0. The zero-order chi connectivity index (χ0) is 19.2. The number of nitrogens with zero attached hydrogens (tertiary/aromatic N) is 2. The van der Waals surface area contributed by atoms with Crippen molar-refractivity contribution in [3.8, 4) is 0 Å². The molecule has 1 saturated heterocycles. The molecule has 1 atom stereocenters. The Kier molecular flexibility index (Phi) is 9.40. The molecule has 0 aromatic heterocycles. The van der Waals surface area contributed by atoms with Crippen LogP contribution in [0.3, 0.4) is 0 Å². The molecule has 1 unspecified atom stereocenters. The summed E-state index contributed by atoms with van der Waals surface area (Å²) in [5.41, 5.74) is 2.03. The number of guanidine groups is 1. The minimum atomic E-state index is 0. The van der Waals surface area contributed by atoms with Gasteiger partial charge in [0.05, 0.1) is 0 Å². The summed E-state index contributed by atoms with van der Waals surface area (Å²) >= 11 is 2.07. The summed E-state index contributed by atoms with van der Waals surface area (Å²) in [6.07, 6.45) is 3.22. The first-order valence-electron chi connectivity index (χ1n) is 10.0. The van der Waals surface area contributed by atoms with E-state index in [1.54, 1.807) is 0 Å². The van der Waals surface area contributed by atoms with Crippen LogP contribution in [0.5, 0.6) is 0 Å². The maximum absolute atomic E-state index is 12.2. The third-order valence-electron chi connectivity index (χ3n) is 5.47. The number of anilines is 1. The monoisotopic (exact) mass is 516 g/mol. The van der Waals surface area contributed by atoms with Crippen molar-refractivity contribution < 1.29 is 4.79 Å². The summed E-state index contributed by atoms with van der Waals surface area (Å²) in [6, 6.07) is 8.11. The summed E-state index contributed by atoms with van der Waals surface area (Å²) in [7, 11) is 1.85. The van der Waals surface area contributed by atoms with Crippen molar-refractivity contribution in [2.75, 3.05) is 31.2 Å². The van der Waals surface area contributed by atoms with E-state index in [9.17, 15) is 4.79 Å². The van der Waals surface area contributed by atoms with Crippen LogP contribution < -0.4 is 10.6 Å². The van der Waals surface area contributed by atoms with Crippen molar-refractivity contribution in [1.29, 1.82) is 0 Å². The molecule has 0 bridgehead atoms. The number of rotatable bonds is 5. The number of nitrogens with one attached hydrogen (secondary N) is 2. The van der Waals surface area contributed by atoms with Gasteiger partial charge in [-0.1, -0.05) is 32.4 Å². The number of benzene rings is 1. The minimum Gasteiger partial charge on any atom is -0.352 e. The van der Waals surface area contributed by atoms with E-state index in [0.717, 1.165) is 48.9 Å². The fraction of sp³-hybridized carbons (Fsp3) is 0.619. The summed E-state index contributed by atoms with van der Waals surface area (Å²) in [5.74, 6) is 3.15. The molecule has 28 heavy (non-hydrogen) atoms. The Balaban J connectivity index is 0.00000280. The molecular weight excluding hydrogens is 483 g/mol. The molecule has 2 N–H and O–H groups in total. The highest BCUT2D eigenvalue weighted by molar-refractivity contribution is 14.0. The summed E-state index contributed by atoms with van der Waals surface area (Å²) in [5, 5.41) is 7.21. The van der Waals surface area contributed by atoms with Gasteiger partial charge in [0.15, 0.2) is 5.96 Å². The Morgan fingerprint density at radius 2 is 2.14 bits per heavy atom. The van der Waals surface area contributed by atoms with Crippen molar-refractivity contribution >= 4 is 53.3 Å². The molecule has 1 aromatic carbocycles. The Labute approximate surface area is 190 Å². The van der Waals surface area contributed by atoms with Crippen LogP contribution in [0.25, 0.3) is 0 Å². The van der Waals surface area contributed by atoms with E-state index in [-0.39, 0.29) is 35.8 Å². The lowest BCUT2D eigenvalue weighted by Gasteiger charge is -2.36. The number of hydrogen-bond acceptors (Lipinski definition) is 3. The first-order valence-corrected chi connectivity index (χ1v) is 11.1.